The minimum atomic E-state index is -2.79. The molecular formula is C15H18F2N2O3. The fraction of sp³-hybridized carbons (Fsp3) is 0.533. The minimum Gasteiger partial charge on any atom is -0.486 e. The highest BCUT2D eigenvalue weighted by Crippen LogP contribution is 2.30. The predicted octanol–water partition coefficient (Wildman–Crippen LogP) is 1.11. The summed E-state index contributed by atoms with van der Waals surface area (Å²) in [4.78, 5) is 11.8. The molecular weight excluding hydrogens is 294 g/mol. The van der Waals surface area contributed by atoms with Crippen LogP contribution in [0.4, 0.5) is 8.78 Å². The summed E-state index contributed by atoms with van der Waals surface area (Å²) >= 11 is 0. The summed E-state index contributed by atoms with van der Waals surface area (Å²) in [5.74, 6) is -1.75. The number of rotatable bonds is 4. The molecule has 0 spiro atoms. The summed E-state index contributed by atoms with van der Waals surface area (Å²) in [5.41, 5.74) is 0.995. The van der Waals surface area contributed by atoms with E-state index in [-0.39, 0.29) is 5.91 Å². The zero-order valence-corrected chi connectivity index (χ0v) is 12.0. The Balaban J connectivity index is 1.48. The molecule has 0 saturated carbocycles. The van der Waals surface area contributed by atoms with Crippen molar-refractivity contribution in [3.8, 4) is 11.5 Å². The first-order valence-corrected chi connectivity index (χ1v) is 7.31. The van der Waals surface area contributed by atoms with Crippen molar-refractivity contribution in [3.05, 3.63) is 23.8 Å². The summed E-state index contributed by atoms with van der Waals surface area (Å²) in [6.07, 6.45) is 0.161. The van der Waals surface area contributed by atoms with Crippen molar-refractivity contribution in [1.82, 2.24) is 10.6 Å². The van der Waals surface area contributed by atoms with Crippen LogP contribution >= 0.6 is 0 Å². The quantitative estimate of drug-likeness (QED) is 0.874. The van der Waals surface area contributed by atoms with Gasteiger partial charge in [-0.15, -0.1) is 0 Å². The Hall–Kier alpha value is -1.89. The average Bonchev–Trinajstić information content (AvgIpc) is 2.87. The van der Waals surface area contributed by atoms with Crippen LogP contribution in [0.25, 0.3) is 0 Å². The van der Waals surface area contributed by atoms with Gasteiger partial charge in [-0.05, 0) is 24.1 Å². The number of carbonyl (C=O) groups excluding carboxylic acids is 1. The van der Waals surface area contributed by atoms with Gasteiger partial charge in [0.25, 0.3) is 5.92 Å². The standard InChI is InChI=1S/C15H18F2N2O3/c16-15(17)8-11(19-9-15)14(20)18-4-3-10-1-2-12-13(7-10)22-6-5-21-12/h1-2,7,11,19H,3-6,8-9H2,(H,18,20). The lowest BCUT2D eigenvalue weighted by molar-refractivity contribution is -0.123. The number of carbonyl (C=O) groups is 1. The molecule has 0 bridgehead atoms. The van der Waals surface area contributed by atoms with Gasteiger partial charge in [0, 0.05) is 13.0 Å². The number of nitrogens with one attached hydrogen (secondary N) is 2. The fourth-order valence-electron chi connectivity index (χ4n) is 2.60. The van der Waals surface area contributed by atoms with Crippen LogP contribution in [0, 0.1) is 0 Å². The number of hydrogen-bond acceptors (Lipinski definition) is 4. The molecule has 0 aromatic heterocycles. The molecule has 0 aliphatic carbocycles. The van der Waals surface area contributed by atoms with Gasteiger partial charge < -0.3 is 14.8 Å². The molecule has 3 rings (SSSR count). The van der Waals surface area contributed by atoms with Gasteiger partial charge in [-0.25, -0.2) is 8.78 Å². The fourth-order valence-corrected chi connectivity index (χ4v) is 2.60. The van der Waals surface area contributed by atoms with Crippen LogP contribution in [0.1, 0.15) is 12.0 Å². The van der Waals surface area contributed by atoms with E-state index in [1.807, 2.05) is 18.2 Å². The molecule has 1 fully saturated rings. The highest BCUT2D eigenvalue weighted by molar-refractivity contribution is 5.82. The van der Waals surface area contributed by atoms with Crippen molar-refractivity contribution in [2.45, 2.75) is 24.8 Å². The van der Waals surface area contributed by atoms with E-state index in [0.29, 0.717) is 31.9 Å². The maximum absolute atomic E-state index is 13.0. The normalized spacial score (nSPS) is 22.4. The third-order valence-corrected chi connectivity index (χ3v) is 3.75. The second-order valence-corrected chi connectivity index (χ2v) is 5.51. The molecule has 22 heavy (non-hydrogen) atoms. The number of benzene rings is 1. The number of amides is 1. The van der Waals surface area contributed by atoms with Crippen molar-refractivity contribution in [2.24, 2.45) is 0 Å². The predicted molar refractivity (Wildman–Crippen MR) is 75.5 cm³/mol. The number of hydrogen-bond donors (Lipinski definition) is 2. The Bertz CT molecular complexity index is 566. The van der Waals surface area contributed by atoms with Crippen LogP contribution in [0.5, 0.6) is 11.5 Å². The zero-order valence-electron chi connectivity index (χ0n) is 12.0. The lowest BCUT2D eigenvalue weighted by Gasteiger charge is -2.19. The van der Waals surface area contributed by atoms with Crippen molar-refractivity contribution in [3.63, 3.8) is 0 Å². The van der Waals surface area contributed by atoms with Gasteiger partial charge in [0.15, 0.2) is 11.5 Å². The van der Waals surface area contributed by atoms with Crippen LogP contribution in [-0.4, -0.2) is 44.2 Å². The molecule has 0 radical (unpaired) electrons. The van der Waals surface area contributed by atoms with Gasteiger partial charge in [-0.2, -0.15) is 0 Å². The highest BCUT2D eigenvalue weighted by atomic mass is 19.3. The zero-order chi connectivity index (χ0) is 15.6. The van der Waals surface area contributed by atoms with Crippen LogP contribution in [0.15, 0.2) is 18.2 Å². The molecule has 2 heterocycles. The SMILES string of the molecule is O=C(NCCc1ccc2c(c1)OCCO2)C1CC(F)(F)CN1. The second kappa shape index (κ2) is 6.08. The van der Waals surface area contributed by atoms with E-state index in [1.165, 1.54) is 0 Å². The largest absolute Gasteiger partial charge is 0.486 e. The molecule has 1 saturated heterocycles. The molecule has 1 atom stereocenters. The van der Waals surface area contributed by atoms with E-state index < -0.39 is 24.9 Å². The van der Waals surface area contributed by atoms with Crippen LogP contribution in [0.2, 0.25) is 0 Å². The second-order valence-electron chi connectivity index (χ2n) is 5.51. The lowest BCUT2D eigenvalue weighted by atomic mass is 10.1. The average molecular weight is 312 g/mol. The summed E-state index contributed by atoms with van der Waals surface area (Å²) in [6, 6.07) is 4.81. The summed E-state index contributed by atoms with van der Waals surface area (Å²) in [5, 5.41) is 5.22. The third kappa shape index (κ3) is 3.47. The summed E-state index contributed by atoms with van der Waals surface area (Å²) in [6.45, 7) is 1.02. The third-order valence-electron chi connectivity index (χ3n) is 3.75. The Morgan fingerprint density at radius 2 is 2.09 bits per heavy atom. The van der Waals surface area contributed by atoms with Crippen molar-refractivity contribution >= 4 is 5.91 Å². The van der Waals surface area contributed by atoms with Crippen molar-refractivity contribution < 1.29 is 23.0 Å². The molecule has 2 aliphatic rings. The highest BCUT2D eigenvalue weighted by Gasteiger charge is 2.42. The number of halogens is 2. The van der Waals surface area contributed by atoms with Gasteiger partial charge >= 0.3 is 0 Å². The van der Waals surface area contributed by atoms with Crippen molar-refractivity contribution in [2.75, 3.05) is 26.3 Å². The summed E-state index contributed by atoms with van der Waals surface area (Å²) in [7, 11) is 0. The number of ether oxygens (including phenoxy) is 2. The van der Waals surface area contributed by atoms with Gasteiger partial charge in [-0.3, -0.25) is 10.1 Å². The van der Waals surface area contributed by atoms with E-state index in [9.17, 15) is 13.6 Å². The maximum atomic E-state index is 13.0. The van der Waals surface area contributed by atoms with E-state index in [4.69, 9.17) is 9.47 Å². The Labute approximate surface area is 127 Å². The Morgan fingerprint density at radius 3 is 2.82 bits per heavy atom. The summed E-state index contributed by atoms with van der Waals surface area (Å²) < 4.78 is 37.0. The molecule has 120 valence electrons. The van der Waals surface area contributed by atoms with Crippen LogP contribution in [0.3, 0.4) is 0 Å². The Morgan fingerprint density at radius 1 is 1.32 bits per heavy atom. The molecule has 5 nitrogen and oxygen atoms in total. The minimum absolute atomic E-state index is 0.380. The van der Waals surface area contributed by atoms with E-state index in [0.717, 1.165) is 11.3 Å². The van der Waals surface area contributed by atoms with E-state index in [1.54, 1.807) is 0 Å². The maximum Gasteiger partial charge on any atom is 0.262 e. The molecule has 1 amide bonds. The molecule has 1 aromatic rings. The first-order chi connectivity index (χ1) is 10.5. The van der Waals surface area contributed by atoms with E-state index in [2.05, 4.69) is 10.6 Å². The van der Waals surface area contributed by atoms with Gasteiger partial charge in [-0.1, -0.05) is 6.07 Å². The monoisotopic (exact) mass is 312 g/mol. The first-order valence-electron chi connectivity index (χ1n) is 7.31. The van der Waals surface area contributed by atoms with Gasteiger partial charge in [0.05, 0.1) is 12.6 Å². The Kier molecular flexibility index (Phi) is 4.15. The lowest BCUT2D eigenvalue weighted by Crippen LogP contribution is -2.41. The van der Waals surface area contributed by atoms with Crippen LogP contribution in [-0.2, 0) is 11.2 Å². The number of alkyl halides is 2. The molecule has 2 N–H and O–H groups in total. The molecule has 7 heteroatoms. The molecule has 1 unspecified atom stereocenters. The topological polar surface area (TPSA) is 59.6 Å². The first kappa shape index (κ1) is 15.0. The molecule has 2 aliphatic heterocycles. The van der Waals surface area contributed by atoms with Gasteiger partial charge in [0.2, 0.25) is 5.91 Å². The van der Waals surface area contributed by atoms with Crippen molar-refractivity contribution in [1.29, 1.82) is 0 Å². The van der Waals surface area contributed by atoms with Crippen LogP contribution < -0.4 is 20.1 Å². The smallest absolute Gasteiger partial charge is 0.262 e. The molecule has 1 aromatic carbocycles. The van der Waals surface area contributed by atoms with Gasteiger partial charge in [0.1, 0.15) is 13.2 Å². The number of fused-ring (bicyclic) bond motifs is 1. The van der Waals surface area contributed by atoms with E-state index >= 15 is 0 Å².